The van der Waals surface area contributed by atoms with Crippen LogP contribution >= 0.6 is 0 Å². The summed E-state index contributed by atoms with van der Waals surface area (Å²) in [6.45, 7) is 2.47. The maximum atomic E-state index is 13.1. The second-order valence-corrected chi connectivity index (χ2v) is 8.36. The van der Waals surface area contributed by atoms with Crippen LogP contribution in [0.3, 0.4) is 0 Å². The summed E-state index contributed by atoms with van der Waals surface area (Å²) in [6.07, 6.45) is 2.83. The number of benzene rings is 2. The van der Waals surface area contributed by atoms with E-state index in [1.165, 1.54) is 12.1 Å². The second kappa shape index (κ2) is 8.81. The minimum Gasteiger partial charge on any atom is -0.476 e. The first-order chi connectivity index (χ1) is 13.6. The third kappa shape index (κ3) is 4.12. The highest BCUT2D eigenvalue weighted by molar-refractivity contribution is 7.92. The van der Waals surface area contributed by atoms with Gasteiger partial charge in [-0.05, 0) is 30.7 Å². The summed E-state index contributed by atoms with van der Waals surface area (Å²) in [5.41, 5.74) is 1.13. The summed E-state index contributed by atoms with van der Waals surface area (Å²) in [7, 11) is -3.97. The quantitative estimate of drug-likeness (QED) is 0.530. The molecule has 0 aliphatic carbocycles. The second-order valence-electron chi connectivity index (χ2n) is 6.33. The van der Waals surface area contributed by atoms with Crippen LogP contribution in [0.15, 0.2) is 59.5 Å². The first-order valence-corrected chi connectivity index (χ1v) is 10.7. The Hall–Kier alpha value is -2.98. The van der Waals surface area contributed by atoms with Crippen LogP contribution in [0.4, 0.5) is 0 Å². The van der Waals surface area contributed by atoms with Crippen molar-refractivity contribution in [2.24, 2.45) is 0 Å². The third-order valence-corrected chi connectivity index (χ3v) is 6.18. The van der Waals surface area contributed by atoms with E-state index in [0.717, 1.165) is 19.3 Å². The lowest BCUT2D eigenvalue weighted by Gasteiger charge is -2.15. The van der Waals surface area contributed by atoms with Crippen molar-refractivity contribution >= 4 is 20.9 Å². The number of hydrogen-bond donors (Lipinski definition) is 0. The predicted molar refractivity (Wildman–Crippen MR) is 107 cm³/mol. The highest BCUT2D eigenvalue weighted by Gasteiger charge is 2.34. The molecule has 0 saturated heterocycles. The topological polar surface area (TPSA) is 92.9 Å². The maximum absolute atomic E-state index is 13.1. The number of nitriles is 1. The van der Waals surface area contributed by atoms with Crippen molar-refractivity contribution in [1.29, 1.82) is 5.26 Å². The van der Waals surface area contributed by atoms with E-state index in [1.54, 1.807) is 36.4 Å². The number of sulfone groups is 1. The van der Waals surface area contributed by atoms with Gasteiger partial charge in [-0.15, -0.1) is 0 Å². The average molecular weight is 395 g/mol. The fraction of sp³-hybridized carbons (Fsp3) is 0.286. The van der Waals surface area contributed by atoms with Crippen LogP contribution in [0.5, 0.6) is 5.88 Å². The van der Waals surface area contributed by atoms with Crippen molar-refractivity contribution in [3.8, 4) is 11.9 Å². The van der Waals surface area contributed by atoms with Crippen LogP contribution in [-0.2, 0) is 9.84 Å². The zero-order valence-electron chi connectivity index (χ0n) is 15.6. The Morgan fingerprint density at radius 2 is 1.64 bits per heavy atom. The van der Waals surface area contributed by atoms with Crippen LogP contribution in [0.2, 0.25) is 0 Å². The molecule has 3 aromatic rings. The van der Waals surface area contributed by atoms with Crippen LogP contribution in [0.1, 0.15) is 37.1 Å². The van der Waals surface area contributed by atoms with E-state index >= 15 is 0 Å². The standard InChI is InChI=1S/C21H21N3O3S/c1-2-3-9-14-27-21-20(23-17-12-7-8-13-18(17)24-21)19(15-22)28(25,26)16-10-5-4-6-11-16/h4-8,10-13,19H,2-3,9,14H2,1H3. The van der Waals surface area contributed by atoms with Gasteiger partial charge in [-0.25, -0.2) is 18.4 Å². The van der Waals surface area contributed by atoms with Crippen molar-refractivity contribution in [3.05, 3.63) is 60.3 Å². The number of fused-ring (bicyclic) bond motifs is 1. The molecule has 0 saturated carbocycles. The number of ether oxygens (including phenoxy) is 1. The Kier molecular flexibility index (Phi) is 6.22. The molecule has 0 fully saturated rings. The molecule has 0 N–H and O–H groups in total. The van der Waals surface area contributed by atoms with Gasteiger partial charge in [-0.1, -0.05) is 50.1 Å². The molecule has 2 aromatic carbocycles. The van der Waals surface area contributed by atoms with E-state index in [9.17, 15) is 13.7 Å². The molecule has 6 nitrogen and oxygen atoms in total. The normalized spacial score (nSPS) is 12.4. The van der Waals surface area contributed by atoms with E-state index < -0.39 is 15.1 Å². The van der Waals surface area contributed by atoms with E-state index in [0.29, 0.717) is 17.6 Å². The highest BCUT2D eigenvalue weighted by atomic mass is 32.2. The molecular weight excluding hydrogens is 374 g/mol. The summed E-state index contributed by atoms with van der Waals surface area (Å²) >= 11 is 0. The fourth-order valence-corrected chi connectivity index (χ4v) is 4.21. The minimum atomic E-state index is -3.97. The minimum absolute atomic E-state index is 0.0292. The fourth-order valence-electron chi connectivity index (χ4n) is 2.82. The SMILES string of the molecule is CCCCCOc1nc2ccccc2nc1C(C#N)S(=O)(=O)c1ccccc1. The number of hydrogen-bond acceptors (Lipinski definition) is 6. The molecule has 1 unspecified atom stereocenters. The first kappa shape index (κ1) is 19.8. The molecule has 28 heavy (non-hydrogen) atoms. The lowest BCUT2D eigenvalue weighted by Crippen LogP contribution is -2.16. The van der Waals surface area contributed by atoms with Gasteiger partial charge in [0.1, 0.15) is 5.69 Å². The number of rotatable bonds is 8. The Morgan fingerprint density at radius 3 is 2.29 bits per heavy atom. The van der Waals surface area contributed by atoms with Crippen molar-refractivity contribution in [1.82, 2.24) is 9.97 Å². The lowest BCUT2D eigenvalue weighted by atomic mass is 10.2. The summed E-state index contributed by atoms with van der Waals surface area (Å²) in [6, 6.07) is 16.9. The molecule has 1 heterocycles. The molecule has 0 aliphatic heterocycles. The number of nitrogens with zero attached hydrogens (tertiary/aromatic N) is 3. The Balaban J connectivity index is 2.09. The van der Waals surface area contributed by atoms with E-state index in [2.05, 4.69) is 16.9 Å². The van der Waals surface area contributed by atoms with Gasteiger partial charge in [-0.3, -0.25) is 0 Å². The zero-order chi connectivity index (χ0) is 20.0. The van der Waals surface area contributed by atoms with Gasteiger partial charge in [0, 0.05) is 0 Å². The number of aromatic nitrogens is 2. The van der Waals surface area contributed by atoms with Gasteiger partial charge in [0.15, 0.2) is 5.25 Å². The van der Waals surface area contributed by atoms with E-state index in [4.69, 9.17) is 4.74 Å². The maximum Gasteiger partial charge on any atom is 0.238 e. The van der Waals surface area contributed by atoms with Crippen molar-refractivity contribution in [3.63, 3.8) is 0 Å². The smallest absolute Gasteiger partial charge is 0.238 e. The van der Waals surface area contributed by atoms with Crippen LogP contribution in [0, 0.1) is 11.3 Å². The molecule has 0 spiro atoms. The monoisotopic (exact) mass is 395 g/mol. The Morgan fingerprint density at radius 1 is 1.00 bits per heavy atom. The first-order valence-electron chi connectivity index (χ1n) is 9.16. The highest BCUT2D eigenvalue weighted by Crippen LogP contribution is 2.33. The van der Waals surface area contributed by atoms with Gasteiger partial charge in [-0.2, -0.15) is 5.26 Å². The molecule has 0 aliphatic rings. The Bertz CT molecular complexity index is 1090. The summed E-state index contributed by atoms with van der Waals surface area (Å²) in [5.74, 6) is 0.0980. The lowest BCUT2D eigenvalue weighted by molar-refractivity contribution is 0.291. The van der Waals surface area contributed by atoms with Gasteiger partial charge >= 0.3 is 0 Å². The molecule has 0 bridgehead atoms. The number of para-hydroxylation sites is 2. The molecule has 144 valence electrons. The summed E-state index contributed by atoms with van der Waals surface area (Å²) in [5, 5.41) is 8.22. The molecule has 3 rings (SSSR count). The van der Waals surface area contributed by atoms with Gasteiger partial charge in [0.2, 0.25) is 15.7 Å². The predicted octanol–water partition coefficient (Wildman–Crippen LogP) is 4.24. The van der Waals surface area contributed by atoms with Crippen LogP contribution < -0.4 is 4.74 Å². The Labute approximate surface area is 164 Å². The average Bonchev–Trinajstić information content (AvgIpc) is 2.72. The van der Waals surface area contributed by atoms with Crippen molar-refractivity contribution in [2.75, 3.05) is 6.61 Å². The molecule has 1 aromatic heterocycles. The summed E-state index contributed by atoms with van der Waals surface area (Å²) in [4.78, 5) is 8.96. The summed E-state index contributed by atoms with van der Waals surface area (Å²) < 4.78 is 31.9. The molecule has 1 atom stereocenters. The van der Waals surface area contributed by atoms with E-state index in [-0.39, 0.29) is 16.5 Å². The molecule has 0 radical (unpaired) electrons. The zero-order valence-corrected chi connectivity index (χ0v) is 16.4. The van der Waals surface area contributed by atoms with E-state index in [1.807, 2.05) is 12.1 Å². The van der Waals surface area contributed by atoms with Crippen molar-refractivity contribution in [2.45, 2.75) is 36.3 Å². The van der Waals surface area contributed by atoms with Crippen LogP contribution in [-0.4, -0.2) is 25.0 Å². The van der Waals surface area contributed by atoms with Crippen molar-refractivity contribution < 1.29 is 13.2 Å². The third-order valence-electron chi connectivity index (χ3n) is 4.30. The molecular formula is C21H21N3O3S. The largest absolute Gasteiger partial charge is 0.476 e. The number of unbranched alkanes of at least 4 members (excludes halogenated alkanes) is 2. The van der Waals surface area contributed by atoms with Gasteiger partial charge in [0.05, 0.1) is 28.6 Å². The van der Waals surface area contributed by atoms with Gasteiger partial charge < -0.3 is 4.74 Å². The van der Waals surface area contributed by atoms with Gasteiger partial charge in [0.25, 0.3) is 0 Å². The molecule has 0 amide bonds. The van der Waals surface area contributed by atoms with Crippen LogP contribution in [0.25, 0.3) is 11.0 Å². The molecule has 7 heteroatoms.